The Morgan fingerprint density at radius 1 is 1.24 bits per heavy atom. The third kappa shape index (κ3) is 2.93. The lowest BCUT2D eigenvalue weighted by Crippen LogP contribution is -2.22. The summed E-state index contributed by atoms with van der Waals surface area (Å²) in [5, 5.41) is 5.93. The monoisotopic (exact) mass is 338 g/mol. The third-order valence-corrected chi connectivity index (χ3v) is 5.39. The van der Waals surface area contributed by atoms with Crippen molar-refractivity contribution in [2.24, 2.45) is 0 Å². The van der Waals surface area contributed by atoms with Crippen molar-refractivity contribution in [3.63, 3.8) is 0 Å². The van der Waals surface area contributed by atoms with Crippen LogP contribution in [0.5, 0.6) is 5.75 Å². The van der Waals surface area contributed by atoms with Gasteiger partial charge in [0.05, 0.1) is 18.8 Å². The molecule has 1 fully saturated rings. The van der Waals surface area contributed by atoms with E-state index in [1.807, 2.05) is 6.07 Å². The second-order valence-electron chi connectivity index (χ2n) is 7.19. The highest BCUT2D eigenvalue weighted by atomic mass is 16.5. The number of aryl methyl sites for hydroxylation is 3. The van der Waals surface area contributed by atoms with E-state index in [2.05, 4.69) is 58.6 Å². The first kappa shape index (κ1) is 16.2. The molecule has 3 aromatic rings. The normalized spacial score (nSPS) is 18.3. The Kier molecular flexibility index (Phi) is 4.04. The van der Waals surface area contributed by atoms with Crippen molar-refractivity contribution in [1.82, 2.24) is 19.7 Å². The predicted octanol–water partition coefficient (Wildman–Crippen LogP) is 3.75. The minimum absolute atomic E-state index is 0.485. The van der Waals surface area contributed by atoms with Gasteiger partial charge in [-0.2, -0.15) is 5.10 Å². The molecular formula is C20H26N4O. The zero-order valence-corrected chi connectivity index (χ0v) is 15.5. The molecule has 0 unspecified atom stereocenters. The molecule has 4 rings (SSSR count). The summed E-state index contributed by atoms with van der Waals surface area (Å²) in [7, 11) is 1.72. The lowest BCUT2D eigenvalue weighted by molar-refractivity contribution is 0.307. The van der Waals surface area contributed by atoms with E-state index in [-0.39, 0.29) is 0 Å². The SMILES string of the molecule is COc1ccc2[nH]c(CN3CC[C@@H](n4nc(C)cc4C)C3)c(C)c2c1. The minimum atomic E-state index is 0.485. The number of benzene rings is 1. The summed E-state index contributed by atoms with van der Waals surface area (Å²) in [5.41, 5.74) is 6.18. The summed E-state index contributed by atoms with van der Waals surface area (Å²) >= 11 is 0. The van der Waals surface area contributed by atoms with Gasteiger partial charge in [0.25, 0.3) is 0 Å². The van der Waals surface area contributed by atoms with Gasteiger partial charge in [0.1, 0.15) is 5.75 Å². The fourth-order valence-electron chi connectivity index (χ4n) is 4.04. The molecule has 1 aromatic carbocycles. The number of ether oxygens (including phenoxy) is 1. The van der Waals surface area contributed by atoms with Gasteiger partial charge >= 0.3 is 0 Å². The first-order valence-corrected chi connectivity index (χ1v) is 8.95. The number of nitrogens with zero attached hydrogens (tertiary/aromatic N) is 3. The molecule has 0 spiro atoms. The van der Waals surface area contributed by atoms with Gasteiger partial charge in [-0.3, -0.25) is 9.58 Å². The van der Waals surface area contributed by atoms with E-state index in [0.717, 1.165) is 37.5 Å². The fourth-order valence-corrected chi connectivity index (χ4v) is 4.04. The average Bonchev–Trinajstić information content (AvgIpc) is 3.27. The molecule has 1 atom stereocenters. The maximum atomic E-state index is 5.36. The largest absolute Gasteiger partial charge is 0.497 e. The van der Waals surface area contributed by atoms with E-state index in [1.165, 1.54) is 27.9 Å². The zero-order chi connectivity index (χ0) is 17.6. The van der Waals surface area contributed by atoms with Gasteiger partial charge < -0.3 is 9.72 Å². The Bertz CT molecular complexity index is 908. The quantitative estimate of drug-likeness (QED) is 0.788. The molecule has 5 nitrogen and oxygen atoms in total. The van der Waals surface area contributed by atoms with Gasteiger partial charge in [-0.1, -0.05) is 0 Å². The lowest BCUT2D eigenvalue weighted by Gasteiger charge is -2.17. The number of rotatable bonds is 4. The molecule has 132 valence electrons. The van der Waals surface area contributed by atoms with Gasteiger partial charge in [0.2, 0.25) is 0 Å². The Labute approximate surface area is 148 Å². The highest BCUT2D eigenvalue weighted by Gasteiger charge is 2.26. The summed E-state index contributed by atoms with van der Waals surface area (Å²) in [4.78, 5) is 6.12. The maximum absolute atomic E-state index is 5.36. The Morgan fingerprint density at radius 2 is 2.08 bits per heavy atom. The van der Waals surface area contributed by atoms with Gasteiger partial charge in [0, 0.05) is 41.9 Å². The average molecular weight is 338 g/mol. The summed E-state index contributed by atoms with van der Waals surface area (Å²) in [6.45, 7) is 9.54. The highest BCUT2D eigenvalue weighted by Crippen LogP contribution is 2.29. The Balaban J connectivity index is 1.52. The predicted molar refractivity (Wildman–Crippen MR) is 100 cm³/mol. The van der Waals surface area contributed by atoms with Crippen LogP contribution >= 0.6 is 0 Å². The first-order chi connectivity index (χ1) is 12.0. The molecule has 5 heteroatoms. The van der Waals surface area contributed by atoms with Gasteiger partial charge in [0.15, 0.2) is 0 Å². The number of hydrogen-bond donors (Lipinski definition) is 1. The van der Waals surface area contributed by atoms with Crippen molar-refractivity contribution in [2.75, 3.05) is 20.2 Å². The van der Waals surface area contributed by atoms with Crippen molar-refractivity contribution < 1.29 is 4.74 Å². The minimum Gasteiger partial charge on any atom is -0.497 e. The summed E-state index contributed by atoms with van der Waals surface area (Å²) in [6.07, 6.45) is 1.16. The van der Waals surface area contributed by atoms with Crippen molar-refractivity contribution in [3.05, 3.63) is 46.9 Å². The number of fused-ring (bicyclic) bond motifs is 1. The first-order valence-electron chi connectivity index (χ1n) is 8.95. The van der Waals surface area contributed by atoms with Crippen LogP contribution in [0, 0.1) is 20.8 Å². The smallest absolute Gasteiger partial charge is 0.119 e. The molecular weight excluding hydrogens is 312 g/mol. The van der Waals surface area contributed by atoms with Crippen molar-refractivity contribution in [3.8, 4) is 5.75 Å². The van der Waals surface area contributed by atoms with Gasteiger partial charge in [-0.05, 0) is 57.0 Å². The highest BCUT2D eigenvalue weighted by molar-refractivity contribution is 5.85. The second-order valence-corrected chi connectivity index (χ2v) is 7.19. The number of hydrogen-bond acceptors (Lipinski definition) is 3. The molecule has 0 radical (unpaired) electrons. The van der Waals surface area contributed by atoms with Crippen LogP contribution in [0.3, 0.4) is 0 Å². The van der Waals surface area contributed by atoms with E-state index < -0.39 is 0 Å². The summed E-state index contributed by atoms with van der Waals surface area (Å²) in [6, 6.07) is 8.88. The second kappa shape index (κ2) is 6.23. The topological polar surface area (TPSA) is 46.1 Å². The van der Waals surface area contributed by atoms with E-state index in [0.29, 0.717) is 6.04 Å². The Hall–Kier alpha value is -2.27. The van der Waals surface area contributed by atoms with Crippen molar-refractivity contribution >= 4 is 10.9 Å². The fraction of sp³-hybridized carbons (Fsp3) is 0.450. The summed E-state index contributed by atoms with van der Waals surface area (Å²) < 4.78 is 7.57. The molecule has 25 heavy (non-hydrogen) atoms. The molecule has 0 aliphatic carbocycles. The van der Waals surface area contributed by atoms with Crippen LogP contribution in [-0.4, -0.2) is 39.9 Å². The van der Waals surface area contributed by atoms with Crippen LogP contribution in [0.25, 0.3) is 10.9 Å². The van der Waals surface area contributed by atoms with Gasteiger partial charge in [-0.15, -0.1) is 0 Å². The molecule has 1 aliphatic heterocycles. The number of likely N-dealkylation sites (tertiary alicyclic amines) is 1. The number of aromatic amines is 1. The number of nitrogens with one attached hydrogen (secondary N) is 1. The van der Waals surface area contributed by atoms with Gasteiger partial charge in [-0.25, -0.2) is 0 Å². The van der Waals surface area contributed by atoms with Crippen molar-refractivity contribution in [1.29, 1.82) is 0 Å². The summed E-state index contributed by atoms with van der Waals surface area (Å²) in [5.74, 6) is 0.909. The zero-order valence-electron chi connectivity index (χ0n) is 15.5. The van der Waals surface area contributed by atoms with Crippen molar-refractivity contribution in [2.45, 2.75) is 39.8 Å². The van der Waals surface area contributed by atoms with Crippen LogP contribution in [0.15, 0.2) is 24.3 Å². The molecule has 0 bridgehead atoms. The molecule has 2 aromatic heterocycles. The van der Waals surface area contributed by atoms with E-state index in [1.54, 1.807) is 7.11 Å². The Morgan fingerprint density at radius 3 is 2.80 bits per heavy atom. The number of methoxy groups -OCH3 is 1. The molecule has 1 aliphatic rings. The van der Waals surface area contributed by atoms with E-state index in [9.17, 15) is 0 Å². The molecule has 0 saturated carbocycles. The van der Waals surface area contributed by atoms with Crippen LogP contribution in [0.1, 0.15) is 35.1 Å². The lowest BCUT2D eigenvalue weighted by atomic mass is 10.1. The van der Waals surface area contributed by atoms with Crippen LogP contribution in [0.4, 0.5) is 0 Å². The number of aromatic nitrogens is 3. The number of H-pyrrole nitrogens is 1. The maximum Gasteiger partial charge on any atom is 0.119 e. The molecule has 1 saturated heterocycles. The third-order valence-electron chi connectivity index (χ3n) is 5.39. The molecule has 3 heterocycles. The van der Waals surface area contributed by atoms with Crippen LogP contribution in [-0.2, 0) is 6.54 Å². The van der Waals surface area contributed by atoms with E-state index in [4.69, 9.17) is 4.74 Å². The molecule has 1 N–H and O–H groups in total. The van der Waals surface area contributed by atoms with Crippen LogP contribution < -0.4 is 4.74 Å². The molecule has 0 amide bonds. The standard InChI is InChI=1S/C20H26N4O/c1-13-9-14(2)24(22-13)16-7-8-23(11-16)12-20-15(3)18-10-17(25-4)5-6-19(18)21-20/h5-6,9-10,16,21H,7-8,11-12H2,1-4H3/t16-/m1/s1. The van der Waals surface area contributed by atoms with E-state index >= 15 is 0 Å². The van der Waals surface area contributed by atoms with Crippen LogP contribution in [0.2, 0.25) is 0 Å².